The zero-order valence-corrected chi connectivity index (χ0v) is 21.8. The average molecular weight is 574 g/mol. The lowest BCUT2D eigenvalue weighted by Gasteiger charge is -2.31. The normalized spacial score (nSPS) is 24.0. The maximum Gasteiger partial charge on any atom is 0.408 e. The number of alkyl halides is 5. The quantitative estimate of drug-likeness (QED) is 0.393. The molecule has 5 rings (SSSR count). The van der Waals surface area contributed by atoms with Gasteiger partial charge in [-0.15, -0.1) is 11.3 Å². The predicted octanol–water partition coefficient (Wildman–Crippen LogP) is 4.77. The maximum absolute atomic E-state index is 14.3. The number of hydrogen-bond acceptors (Lipinski definition) is 7. The fourth-order valence-corrected chi connectivity index (χ4v) is 6.04. The number of aromatic nitrogens is 2. The highest BCUT2D eigenvalue weighted by Crippen LogP contribution is 2.43. The molecule has 2 amide bonds. The van der Waals surface area contributed by atoms with E-state index in [4.69, 9.17) is 0 Å². The van der Waals surface area contributed by atoms with E-state index < -0.39 is 48.0 Å². The molecule has 2 saturated carbocycles. The van der Waals surface area contributed by atoms with Crippen LogP contribution >= 0.6 is 11.3 Å². The number of carbonyl (C=O) groups is 2. The molecule has 1 unspecified atom stereocenters. The molecular weight excluding hydrogens is 545 g/mol. The standard InChI is InChI=1S/C25H28F5N5O3S/c1-11-3-2-6-35(11)24(38)18-19(39-23(34-18)22(37)32-13-7-14(36)8-13)16-10-31-17(9-15(16)21(26)27)33-20(12-4-5-12)25(28,29)30/h9-14,20-21,36H,2-8H2,1H3,(H,31,33)(H,32,37)/t11?,13?,14?,20-/m1/s1. The van der Waals surface area contributed by atoms with Crippen LogP contribution in [-0.2, 0) is 0 Å². The third-order valence-corrected chi connectivity index (χ3v) is 8.54. The summed E-state index contributed by atoms with van der Waals surface area (Å²) in [7, 11) is 0. The Balaban J connectivity index is 1.51. The van der Waals surface area contributed by atoms with Gasteiger partial charge in [0.25, 0.3) is 18.2 Å². The fraction of sp³-hybridized carbons (Fsp3) is 0.600. The van der Waals surface area contributed by atoms with E-state index in [0.29, 0.717) is 32.2 Å². The first-order valence-corrected chi connectivity index (χ1v) is 13.7. The van der Waals surface area contributed by atoms with Crippen LogP contribution in [0.3, 0.4) is 0 Å². The van der Waals surface area contributed by atoms with Crippen LogP contribution in [0.1, 0.15) is 77.7 Å². The summed E-state index contributed by atoms with van der Waals surface area (Å²) in [5.41, 5.74) is -0.968. The van der Waals surface area contributed by atoms with Crippen molar-refractivity contribution in [3.63, 3.8) is 0 Å². The number of anilines is 1. The van der Waals surface area contributed by atoms with Crippen molar-refractivity contribution in [1.82, 2.24) is 20.2 Å². The van der Waals surface area contributed by atoms with Gasteiger partial charge >= 0.3 is 6.18 Å². The molecule has 3 aliphatic rings. The molecule has 0 bridgehead atoms. The van der Waals surface area contributed by atoms with E-state index in [0.717, 1.165) is 36.4 Å². The van der Waals surface area contributed by atoms with Crippen LogP contribution in [0.5, 0.6) is 0 Å². The third-order valence-electron chi connectivity index (χ3n) is 7.45. The highest BCUT2D eigenvalue weighted by atomic mass is 32.1. The number of aliphatic hydroxyl groups is 1. The molecule has 14 heteroatoms. The summed E-state index contributed by atoms with van der Waals surface area (Å²) in [6, 6.07) is -1.42. The molecule has 0 spiro atoms. The number of amides is 2. The SMILES string of the molecule is CC1CCCN1C(=O)c1nc(C(=O)NC2CC(O)C2)sc1-c1cnc(N[C@H](C2CC2)C(F)(F)F)cc1C(F)F. The zero-order chi connectivity index (χ0) is 28.1. The topological polar surface area (TPSA) is 107 Å². The van der Waals surface area contributed by atoms with Crippen LogP contribution < -0.4 is 10.6 Å². The van der Waals surface area contributed by atoms with Crippen molar-refractivity contribution >= 4 is 29.0 Å². The van der Waals surface area contributed by atoms with Crippen LogP contribution in [-0.4, -0.2) is 68.7 Å². The number of carbonyl (C=O) groups excluding carboxylic acids is 2. The smallest absolute Gasteiger partial charge is 0.393 e. The Labute approximate surface area is 225 Å². The summed E-state index contributed by atoms with van der Waals surface area (Å²) in [5, 5.41) is 14.4. The van der Waals surface area contributed by atoms with E-state index in [9.17, 15) is 36.6 Å². The summed E-state index contributed by atoms with van der Waals surface area (Å²) in [5.74, 6) is -2.12. The summed E-state index contributed by atoms with van der Waals surface area (Å²) in [6.45, 7) is 2.30. The molecule has 3 N–H and O–H groups in total. The third kappa shape index (κ3) is 5.86. The van der Waals surface area contributed by atoms with Crippen molar-refractivity contribution in [3.8, 4) is 10.4 Å². The van der Waals surface area contributed by atoms with E-state index in [1.54, 1.807) is 4.90 Å². The predicted molar refractivity (Wildman–Crippen MR) is 133 cm³/mol. The Morgan fingerprint density at radius 3 is 2.49 bits per heavy atom. The van der Waals surface area contributed by atoms with Crippen molar-refractivity contribution in [3.05, 3.63) is 28.5 Å². The Morgan fingerprint density at radius 1 is 1.21 bits per heavy atom. The van der Waals surface area contributed by atoms with Crippen molar-refractivity contribution in [2.75, 3.05) is 11.9 Å². The lowest BCUT2D eigenvalue weighted by Crippen LogP contribution is -2.46. The average Bonchev–Trinajstić information content (AvgIpc) is 3.43. The Hall–Kier alpha value is -2.87. The summed E-state index contributed by atoms with van der Waals surface area (Å²) in [4.78, 5) is 36.1. The zero-order valence-electron chi connectivity index (χ0n) is 21.0. The largest absolute Gasteiger partial charge is 0.408 e. The maximum atomic E-state index is 14.3. The van der Waals surface area contributed by atoms with Gasteiger partial charge in [-0.25, -0.2) is 18.7 Å². The number of hydrogen-bond donors (Lipinski definition) is 3. The number of aliphatic hydroxyl groups excluding tert-OH is 1. The van der Waals surface area contributed by atoms with Crippen LogP contribution in [0.2, 0.25) is 0 Å². The van der Waals surface area contributed by atoms with Crippen LogP contribution in [0.15, 0.2) is 12.3 Å². The molecule has 8 nitrogen and oxygen atoms in total. The molecule has 0 radical (unpaired) electrons. The molecule has 2 aromatic heterocycles. The van der Waals surface area contributed by atoms with Crippen molar-refractivity contribution in [2.24, 2.45) is 5.92 Å². The molecule has 3 fully saturated rings. The minimum atomic E-state index is -4.57. The Kier molecular flexibility index (Phi) is 7.53. The molecule has 3 heterocycles. The molecule has 2 aliphatic carbocycles. The molecule has 0 aromatic carbocycles. The highest BCUT2D eigenvalue weighted by molar-refractivity contribution is 7.17. The summed E-state index contributed by atoms with van der Waals surface area (Å²) >= 11 is 0.750. The van der Waals surface area contributed by atoms with E-state index in [1.807, 2.05) is 6.92 Å². The van der Waals surface area contributed by atoms with Crippen LogP contribution in [0, 0.1) is 5.92 Å². The Bertz CT molecular complexity index is 1250. The number of halogens is 5. The van der Waals surface area contributed by atoms with Gasteiger partial charge in [-0.3, -0.25) is 9.59 Å². The van der Waals surface area contributed by atoms with Gasteiger partial charge < -0.3 is 20.6 Å². The highest BCUT2D eigenvalue weighted by Gasteiger charge is 2.49. The number of rotatable bonds is 8. The summed E-state index contributed by atoms with van der Waals surface area (Å²) in [6.07, 6.45) is -4.17. The number of likely N-dealkylation sites (tertiary alicyclic amines) is 1. The van der Waals surface area contributed by atoms with E-state index in [2.05, 4.69) is 20.6 Å². The molecular formula is C25H28F5N5O3S. The van der Waals surface area contributed by atoms with E-state index >= 15 is 0 Å². The van der Waals surface area contributed by atoms with Gasteiger partial charge in [-0.1, -0.05) is 0 Å². The first kappa shape index (κ1) is 27.7. The lowest BCUT2D eigenvalue weighted by atomic mass is 9.89. The fourth-order valence-electron chi connectivity index (χ4n) is 5.04. The van der Waals surface area contributed by atoms with Crippen molar-refractivity contribution in [1.29, 1.82) is 0 Å². The number of thiazole rings is 1. The van der Waals surface area contributed by atoms with Gasteiger partial charge in [0, 0.05) is 36.0 Å². The van der Waals surface area contributed by atoms with Gasteiger partial charge in [0.1, 0.15) is 17.6 Å². The van der Waals surface area contributed by atoms with Gasteiger partial charge in [0.2, 0.25) is 0 Å². The summed E-state index contributed by atoms with van der Waals surface area (Å²) < 4.78 is 69.0. The molecule has 39 heavy (non-hydrogen) atoms. The van der Waals surface area contributed by atoms with Gasteiger partial charge in [0.15, 0.2) is 5.01 Å². The minimum Gasteiger partial charge on any atom is -0.393 e. The van der Waals surface area contributed by atoms with Gasteiger partial charge in [-0.2, -0.15) is 13.2 Å². The van der Waals surface area contributed by atoms with Gasteiger partial charge in [-0.05, 0) is 57.4 Å². The molecule has 212 valence electrons. The monoisotopic (exact) mass is 573 g/mol. The molecule has 1 aliphatic heterocycles. The number of nitrogens with one attached hydrogen (secondary N) is 2. The first-order chi connectivity index (χ1) is 18.4. The second-order valence-corrected chi connectivity index (χ2v) is 11.4. The second kappa shape index (κ2) is 10.6. The van der Waals surface area contributed by atoms with E-state index in [1.165, 1.54) is 0 Å². The number of pyridine rings is 1. The molecule has 1 saturated heterocycles. The van der Waals surface area contributed by atoms with Gasteiger partial charge in [0.05, 0.1) is 11.0 Å². The number of nitrogens with zero attached hydrogens (tertiary/aromatic N) is 3. The van der Waals surface area contributed by atoms with Crippen molar-refractivity contribution < 1.29 is 36.6 Å². The Morgan fingerprint density at radius 2 is 1.92 bits per heavy atom. The van der Waals surface area contributed by atoms with Crippen LogP contribution in [0.25, 0.3) is 10.4 Å². The van der Waals surface area contributed by atoms with Crippen LogP contribution in [0.4, 0.5) is 27.8 Å². The van der Waals surface area contributed by atoms with Crippen molar-refractivity contribution in [2.45, 2.75) is 82.3 Å². The lowest BCUT2D eigenvalue weighted by molar-refractivity contribution is -0.146. The van der Waals surface area contributed by atoms with E-state index in [-0.39, 0.29) is 39.0 Å². The molecule has 2 atom stereocenters. The minimum absolute atomic E-state index is 0.00167. The first-order valence-electron chi connectivity index (χ1n) is 12.8. The molecule has 2 aromatic rings. The second-order valence-electron chi connectivity index (χ2n) is 10.4.